The minimum absolute atomic E-state index is 0.152. The lowest BCUT2D eigenvalue weighted by molar-refractivity contribution is 0.195. The van der Waals surface area contributed by atoms with E-state index in [-0.39, 0.29) is 23.8 Å². The summed E-state index contributed by atoms with van der Waals surface area (Å²) < 4.78 is 14.0. The summed E-state index contributed by atoms with van der Waals surface area (Å²) >= 11 is 1.52. The quantitative estimate of drug-likeness (QED) is 0.930. The predicted molar refractivity (Wildman–Crippen MR) is 88.7 cm³/mol. The smallest absolute Gasteiger partial charge is 0.318 e. The molecule has 1 N–H and O–H groups in total. The van der Waals surface area contributed by atoms with Gasteiger partial charge in [0, 0.05) is 18.6 Å². The number of hydrogen-bond acceptors (Lipinski definition) is 3. The van der Waals surface area contributed by atoms with Crippen LogP contribution in [0, 0.1) is 11.7 Å². The number of nitrogens with zero attached hydrogens (tertiary/aromatic N) is 2. The number of carbonyl (C=O) groups excluding carboxylic acids is 1. The lowest BCUT2D eigenvalue weighted by Gasteiger charge is -2.33. The number of fused-ring (bicyclic) bond motifs is 1. The monoisotopic (exact) mass is 333 g/mol. The van der Waals surface area contributed by atoms with Gasteiger partial charge in [-0.15, -0.1) is 11.3 Å². The molecule has 0 aliphatic heterocycles. The number of thiazole rings is 1. The van der Waals surface area contributed by atoms with Gasteiger partial charge < -0.3 is 10.2 Å². The second-order valence-electron chi connectivity index (χ2n) is 6.03. The van der Waals surface area contributed by atoms with Gasteiger partial charge in [0.1, 0.15) is 10.8 Å². The highest BCUT2D eigenvalue weighted by molar-refractivity contribution is 7.09. The van der Waals surface area contributed by atoms with Crippen molar-refractivity contribution in [3.05, 3.63) is 51.7 Å². The van der Waals surface area contributed by atoms with E-state index in [0.29, 0.717) is 6.54 Å². The number of halogens is 1. The zero-order valence-corrected chi connectivity index (χ0v) is 14.1. The van der Waals surface area contributed by atoms with Gasteiger partial charge in [0.25, 0.3) is 0 Å². The molecule has 0 fully saturated rings. The molecule has 2 atom stereocenters. The molecule has 1 heterocycles. The fourth-order valence-electron chi connectivity index (χ4n) is 3.04. The number of aromatic nitrogens is 1. The second kappa shape index (κ2) is 6.66. The first-order chi connectivity index (χ1) is 11.1. The van der Waals surface area contributed by atoms with Gasteiger partial charge in [-0.1, -0.05) is 19.1 Å². The van der Waals surface area contributed by atoms with Gasteiger partial charge in [-0.2, -0.15) is 0 Å². The third-order valence-electron chi connectivity index (χ3n) is 4.39. The van der Waals surface area contributed by atoms with E-state index >= 15 is 0 Å². The number of hydrogen-bond donors (Lipinski definition) is 1. The third kappa shape index (κ3) is 3.37. The van der Waals surface area contributed by atoms with Crippen LogP contribution in [0.25, 0.3) is 0 Å². The Morgan fingerprint density at radius 1 is 1.52 bits per heavy atom. The van der Waals surface area contributed by atoms with E-state index in [1.807, 2.05) is 11.4 Å². The Balaban J connectivity index is 1.74. The minimum atomic E-state index is -0.176. The van der Waals surface area contributed by atoms with E-state index < -0.39 is 0 Å². The van der Waals surface area contributed by atoms with Crippen molar-refractivity contribution in [3.63, 3.8) is 0 Å². The molecule has 1 aromatic heterocycles. The first-order valence-corrected chi connectivity index (χ1v) is 8.61. The third-order valence-corrected chi connectivity index (χ3v) is 5.15. The molecule has 4 nitrogen and oxygen atoms in total. The number of amides is 2. The molecule has 23 heavy (non-hydrogen) atoms. The number of carbonyl (C=O) groups is 1. The summed E-state index contributed by atoms with van der Waals surface area (Å²) in [4.78, 5) is 18.3. The molecule has 0 saturated heterocycles. The van der Waals surface area contributed by atoms with Crippen LogP contribution in [0.1, 0.15) is 35.5 Å². The average molecular weight is 333 g/mol. The van der Waals surface area contributed by atoms with Crippen LogP contribution in [-0.4, -0.2) is 23.0 Å². The van der Waals surface area contributed by atoms with Crippen molar-refractivity contribution in [3.8, 4) is 0 Å². The molecule has 3 rings (SSSR count). The Morgan fingerprint density at radius 2 is 2.35 bits per heavy atom. The molecule has 1 aromatic carbocycles. The Kier molecular flexibility index (Phi) is 4.61. The summed E-state index contributed by atoms with van der Waals surface area (Å²) in [6.45, 7) is 2.57. The van der Waals surface area contributed by atoms with Crippen LogP contribution in [0.2, 0.25) is 0 Å². The van der Waals surface area contributed by atoms with Crippen molar-refractivity contribution in [1.82, 2.24) is 15.2 Å². The van der Waals surface area contributed by atoms with Crippen LogP contribution in [0.3, 0.4) is 0 Å². The van der Waals surface area contributed by atoms with Gasteiger partial charge in [-0.05, 0) is 36.0 Å². The molecular weight excluding hydrogens is 313 g/mol. The zero-order valence-electron chi connectivity index (χ0n) is 13.3. The zero-order chi connectivity index (χ0) is 16.4. The fourth-order valence-corrected chi connectivity index (χ4v) is 3.71. The topological polar surface area (TPSA) is 45.2 Å². The van der Waals surface area contributed by atoms with Crippen molar-refractivity contribution in [1.29, 1.82) is 0 Å². The molecule has 0 radical (unpaired) electrons. The highest BCUT2D eigenvalue weighted by Gasteiger charge is 2.30. The largest absolute Gasteiger partial charge is 0.331 e. The summed E-state index contributed by atoms with van der Waals surface area (Å²) in [6.07, 6.45) is 3.33. The van der Waals surface area contributed by atoms with Gasteiger partial charge >= 0.3 is 6.03 Å². The van der Waals surface area contributed by atoms with E-state index in [1.165, 1.54) is 17.4 Å². The molecule has 6 heteroatoms. The molecule has 122 valence electrons. The highest BCUT2D eigenvalue weighted by Crippen LogP contribution is 2.35. The van der Waals surface area contributed by atoms with E-state index in [2.05, 4.69) is 17.2 Å². The molecule has 0 spiro atoms. The molecule has 2 aromatic rings. The van der Waals surface area contributed by atoms with Crippen molar-refractivity contribution >= 4 is 17.4 Å². The molecule has 1 aliphatic rings. The maximum atomic E-state index is 14.0. The van der Waals surface area contributed by atoms with Crippen molar-refractivity contribution < 1.29 is 9.18 Å². The summed E-state index contributed by atoms with van der Waals surface area (Å²) in [5.74, 6) is 0.103. The average Bonchev–Trinajstić information content (AvgIpc) is 3.03. The second-order valence-corrected chi connectivity index (χ2v) is 7.01. The predicted octanol–water partition coefficient (Wildman–Crippen LogP) is 3.75. The van der Waals surface area contributed by atoms with Crippen LogP contribution >= 0.6 is 11.3 Å². The van der Waals surface area contributed by atoms with Crippen LogP contribution in [0.4, 0.5) is 9.18 Å². The lowest BCUT2D eigenvalue weighted by Crippen LogP contribution is -2.42. The molecule has 0 unspecified atom stereocenters. The maximum Gasteiger partial charge on any atom is 0.318 e. The van der Waals surface area contributed by atoms with E-state index in [4.69, 9.17) is 0 Å². The van der Waals surface area contributed by atoms with E-state index in [0.717, 1.165) is 29.0 Å². The summed E-state index contributed by atoms with van der Waals surface area (Å²) in [7, 11) is 1.75. The van der Waals surface area contributed by atoms with Crippen molar-refractivity contribution in [2.24, 2.45) is 5.92 Å². The first-order valence-electron chi connectivity index (χ1n) is 7.73. The number of nitrogens with one attached hydrogen (secondary N) is 1. The Bertz CT molecular complexity index is 689. The van der Waals surface area contributed by atoms with Crippen LogP contribution in [0.15, 0.2) is 29.8 Å². The summed E-state index contributed by atoms with van der Waals surface area (Å²) in [5.41, 5.74) is 1.64. The molecule has 2 amide bonds. The van der Waals surface area contributed by atoms with Crippen LogP contribution < -0.4 is 5.32 Å². The number of urea groups is 1. The standard InChI is InChI=1S/C17H20FN3OS/c1-11-6-7-12-13(4-3-5-14(12)18)16(11)20-17(22)21(2)10-15-19-8-9-23-15/h3-5,8-9,11,16H,6-7,10H2,1-2H3,(H,20,22)/t11-,16+/m1/s1. The summed E-state index contributed by atoms with van der Waals surface area (Å²) in [6, 6.07) is 4.81. The van der Waals surface area contributed by atoms with Gasteiger partial charge in [0.05, 0.1) is 12.6 Å². The van der Waals surface area contributed by atoms with Crippen LogP contribution in [0.5, 0.6) is 0 Å². The summed E-state index contributed by atoms with van der Waals surface area (Å²) in [5, 5.41) is 5.85. The SMILES string of the molecule is C[C@@H]1CCc2c(F)cccc2[C@H]1NC(=O)N(C)Cc1nccs1. The minimum Gasteiger partial charge on any atom is -0.331 e. The molecule has 1 aliphatic carbocycles. The number of rotatable bonds is 3. The molecular formula is C17H20FN3OS. The van der Waals surface area contributed by atoms with Gasteiger partial charge in [-0.25, -0.2) is 14.2 Å². The molecule has 0 bridgehead atoms. The van der Waals surface area contributed by atoms with Gasteiger partial charge in [0.2, 0.25) is 0 Å². The van der Waals surface area contributed by atoms with E-state index in [9.17, 15) is 9.18 Å². The Labute approximate surface area is 139 Å². The van der Waals surface area contributed by atoms with E-state index in [1.54, 1.807) is 24.2 Å². The fraction of sp³-hybridized carbons (Fsp3) is 0.412. The highest BCUT2D eigenvalue weighted by atomic mass is 32.1. The Morgan fingerprint density at radius 3 is 3.09 bits per heavy atom. The van der Waals surface area contributed by atoms with Crippen molar-refractivity contribution in [2.75, 3.05) is 7.05 Å². The van der Waals surface area contributed by atoms with Gasteiger partial charge in [0.15, 0.2) is 0 Å². The molecule has 0 saturated carbocycles. The normalized spacial score (nSPS) is 20.0. The maximum absolute atomic E-state index is 14.0. The van der Waals surface area contributed by atoms with Crippen LogP contribution in [-0.2, 0) is 13.0 Å². The van der Waals surface area contributed by atoms with Crippen molar-refractivity contribution in [2.45, 2.75) is 32.4 Å². The first kappa shape index (κ1) is 15.9. The van der Waals surface area contributed by atoms with Gasteiger partial charge in [-0.3, -0.25) is 0 Å². The Hall–Kier alpha value is -1.95. The number of benzene rings is 1. The lowest BCUT2D eigenvalue weighted by atomic mass is 9.80.